The second-order valence-electron chi connectivity index (χ2n) is 12.0. The summed E-state index contributed by atoms with van der Waals surface area (Å²) in [5.74, 6) is 0.886. The number of unbranched alkanes of at least 4 members (excludes halogenated alkanes) is 1. The monoisotopic (exact) mass is 584 g/mol. The average molecular weight is 585 g/mol. The van der Waals surface area contributed by atoms with Crippen LogP contribution < -0.4 is 10.1 Å². The first-order valence-electron chi connectivity index (χ1n) is 14.8. The van der Waals surface area contributed by atoms with Gasteiger partial charge in [-0.2, -0.15) is 0 Å². The molecule has 0 unspecified atom stereocenters. The lowest BCUT2D eigenvalue weighted by molar-refractivity contribution is -0.129. The van der Waals surface area contributed by atoms with Crippen molar-refractivity contribution in [2.24, 2.45) is 12.5 Å². The van der Waals surface area contributed by atoms with Crippen LogP contribution in [-0.2, 0) is 23.1 Å². The summed E-state index contributed by atoms with van der Waals surface area (Å²) in [5.41, 5.74) is 4.33. The number of esters is 1. The normalized spacial score (nSPS) is 12.5. The Bertz CT molecular complexity index is 1670. The van der Waals surface area contributed by atoms with Gasteiger partial charge >= 0.3 is 5.97 Å². The Morgan fingerprint density at radius 2 is 1.84 bits per heavy atom. The van der Waals surface area contributed by atoms with Gasteiger partial charge in [-0.1, -0.05) is 38.1 Å². The molecule has 8 heteroatoms. The second kappa shape index (κ2) is 12.9. The van der Waals surface area contributed by atoms with Gasteiger partial charge in [0.2, 0.25) is 5.91 Å². The van der Waals surface area contributed by atoms with E-state index in [9.17, 15) is 9.59 Å². The third-order valence-corrected chi connectivity index (χ3v) is 7.80. The second-order valence-corrected chi connectivity index (χ2v) is 12.0. The highest BCUT2D eigenvalue weighted by atomic mass is 16.5. The molecular formula is C35H44N4O4. The molecule has 0 spiro atoms. The first-order valence-corrected chi connectivity index (χ1v) is 14.8. The molecule has 0 saturated heterocycles. The summed E-state index contributed by atoms with van der Waals surface area (Å²) < 4.78 is 15.4. The molecule has 0 radical (unpaired) electrons. The standard InChI is InChI=1S/C35H44N4O4/c1-10-12-13-17-39-28-19-24(23(5)36-34(41)35(6,7)16-11-2)14-15-25(28)20-29(39)32-37-27-18-26(33(40)43-22(3)4)21-30(42-9)31(27)38(32)8/h10-11,14-15,18-23H,1-2,12-13,16-17H2,3-9H3,(H,36,41)/t23-/m1/s1. The van der Waals surface area contributed by atoms with Crippen molar-refractivity contribution in [2.45, 2.75) is 72.6 Å². The molecule has 2 heterocycles. The van der Waals surface area contributed by atoms with Gasteiger partial charge in [-0.15, -0.1) is 13.2 Å². The van der Waals surface area contributed by atoms with Crippen molar-refractivity contribution < 1.29 is 19.1 Å². The Hall–Kier alpha value is -4.33. The fourth-order valence-corrected chi connectivity index (χ4v) is 5.38. The van der Waals surface area contributed by atoms with E-state index in [-0.39, 0.29) is 18.1 Å². The average Bonchev–Trinajstić information content (AvgIpc) is 3.48. The third kappa shape index (κ3) is 6.53. The topological polar surface area (TPSA) is 87.4 Å². The zero-order chi connectivity index (χ0) is 31.5. The highest BCUT2D eigenvalue weighted by Gasteiger charge is 2.28. The van der Waals surface area contributed by atoms with Crippen LogP contribution in [0.4, 0.5) is 0 Å². The van der Waals surface area contributed by atoms with Gasteiger partial charge in [0.25, 0.3) is 0 Å². The van der Waals surface area contributed by atoms with Crippen molar-refractivity contribution in [1.82, 2.24) is 19.4 Å². The number of hydrogen-bond donors (Lipinski definition) is 1. The molecule has 0 aliphatic carbocycles. The molecule has 8 nitrogen and oxygen atoms in total. The summed E-state index contributed by atoms with van der Waals surface area (Å²) in [4.78, 5) is 30.7. The van der Waals surface area contributed by atoms with Gasteiger partial charge in [0, 0.05) is 29.9 Å². The maximum atomic E-state index is 13.0. The number of hydrogen-bond acceptors (Lipinski definition) is 5. The summed E-state index contributed by atoms with van der Waals surface area (Å²) in [6.07, 6.45) is 5.86. The number of imidazole rings is 1. The zero-order valence-electron chi connectivity index (χ0n) is 26.5. The van der Waals surface area contributed by atoms with Crippen LogP contribution in [-0.4, -0.2) is 39.2 Å². The molecule has 1 N–H and O–H groups in total. The molecule has 0 saturated carbocycles. The van der Waals surface area contributed by atoms with Crippen LogP contribution in [0.15, 0.2) is 61.7 Å². The minimum Gasteiger partial charge on any atom is -0.494 e. The lowest BCUT2D eigenvalue weighted by Gasteiger charge is -2.25. The highest BCUT2D eigenvalue weighted by Crippen LogP contribution is 2.35. The van der Waals surface area contributed by atoms with E-state index in [1.807, 2.05) is 52.3 Å². The van der Waals surface area contributed by atoms with Crippen LogP contribution in [0.25, 0.3) is 33.5 Å². The largest absolute Gasteiger partial charge is 0.494 e. The Kier molecular flexibility index (Phi) is 9.48. The number of aryl methyl sites for hydroxylation is 2. The lowest BCUT2D eigenvalue weighted by Crippen LogP contribution is -2.38. The Morgan fingerprint density at radius 1 is 1.09 bits per heavy atom. The molecule has 0 fully saturated rings. The van der Waals surface area contributed by atoms with Gasteiger partial charge in [0.05, 0.1) is 36.0 Å². The summed E-state index contributed by atoms with van der Waals surface area (Å²) >= 11 is 0. The molecule has 0 aliphatic rings. The predicted molar refractivity (Wildman–Crippen MR) is 173 cm³/mol. The lowest BCUT2D eigenvalue weighted by atomic mass is 9.88. The van der Waals surface area contributed by atoms with Crippen molar-refractivity contribution in [2.75, 3.05) is 7.11 Å². The van der Waals surface area contributed by atoms with Crippen LogP contribution in [0.2, 0.25) is 0 Å². The highest BCUT2D eigenvalue weighted by molar-refractivity contribution is 5.97. The summed E-state index contributed by atoms with van der Waals surface area (Å²) in [6, 6.07) is 11.7. The number of aromatic nitrogens is 3. The van der Waals surface area contributed by atoms with E-state index in [0.29, 0.717) is 23.3 Å². The van der Waals surface area contributed by atoms with Crippen LogP contribution in [0.1, 0.15) is 75.8 Å². The minimum absolute atomic E-state index is 0.00709. The number of carbonyl (C=O) groups excluding carboxylic acids is 2. The van der Waals surface area contributed by atoms with E-state index < -0.39 is 11.4 Å². The Balaban J connectivity index is 1.82. The molecule has 2 aromatic heterocycles. The number of carbonyl (C=O) groups is 2. The van der Waals surface area contributed by atoms with Gasteiger partial charge in [0.1, 0.15) is 11.3 Å². The van der Waals surface area contributed by atoms with Crippen LogP contribution in [0.3, 0.4) is 0 Å². The fourth-order valence-electron chi connectivity index (χ4n) is 5.38. The first-order chi connectivity index (χ1) is 20.4. The smallest absolute Gasteiger partial charge is 0.338 e. The molecule has 1 atom stereocenters. The molecule has 4 rings (SSSR count). The number of nitrogens with zero attached hydrogens (tertiary/aromatic N) is 3. The van der Waals surface area contributed by atoms with E-state index in [4.69, 9.17) is 14.5 Å². The van der Waals surface area contributed by atoms with Crippen LogP contribution in [0.5, 0.6) is 5.75 Å². The van der Waals surface area contributed by atoms with Gasteiger partial charge in [-0.05, 0) is 69.9 Å². The van der Waals surface area contributed by atoms with E-state index in [0.717, 1.165) is 52.9 Å². The molecule has 1 amide bonds. The Morgan fingerprint density at radius 3 is 2.49 bits per heavy atom. The van der Waals surface area contributed by atoms with Crippen molar-refractivity contribution in [3.63, 3.8) is 0 Å². The van der Waals surface area contributed by atoms with Gasteiger partial charge in [0.15, 0.2) is 5.82 Å². The summed E-state index contributed by atoms with van der Waals surface area (Å²) in [7, 11) is 3.55. The quantitative estimate of drug-likeness (QED) is 0.0998. The van der Waals surface area contributed by atoms with E-state index in [1.54, 1.807) is 25.3 Å². The van der Waals surface area contributed by atoms with Crippen LogP contribution in [0, 0.1) is 5.41 Å². The predicted octanol–water partition coefficient (Wildman–Crippen LogP) is 7.51. The number of amides is 1. The third-order valence-electron chi connectivity index (χ3n) is 7.80. The number of allylic oxidation sites excluding steroid dienone is 2. The number of nitrogens with one attached hydrogen (secondary N) is 1. The maximum Gasteiger partial charge on any atom is 0.338 e. The molecule has 4 aromatic rings. The molecule has 0 bridgehead atoms. The molecular weight excluding hydrogens is 540 g/mol. The van der Waals surface area contributed by atoms with E-state index >= 15 is 0 Å². The van der Waals surface area contributed by atoms with E-state index in [2.05, 4.69) is 47.3 Å². The number of fused-ring (bicyclic) bond motifs is 2. The summed E-state index contributed by atoms with van der Waals surface area (Å²) in [5, 5.41) is 4.26. The SMILES string of the molecule is C=CCCCn1c(-c2nc3cc(C(=O)OC(C)C)cc(OC)c3n2C)cc2ccc([C@@H](C)NC(=O)C(C)(C)CC=C)cc21. The number of methoxy groups -OCH3 is 1. The Labute approximate surface area is 254 Å². The molecule has 43 heavy (non-hydrogen) atoms. The minimum atomic E-state index is -0.537. The summed E-state index contributed by atoms with van der Waals surface area (Å²) in [6.45, 7) is 18.0. The first kappa shape index (κ1) is 31.6. The zero-order valence-corrected chi connectivity index (χ0v) is 26.5. The number of ether oxygens (including phenoxy) is 2. The van der Waals surface area contributed by atoms with Gasteiger partial charge < -0.3 is 23.9 Å². The van der Waals surface area contributed by atoms with Gasteiger partial charge in [-0.25, -0.2) is 9.78 Å². The van der Waals surface area contributed by atoms with Crippen molar-refractivity contribution in [3.05, 3.63) is 72.8 Å². The molecule has 2 aromatic carbocycles. The number of rotatable bonds is 13. The maximum absolute atomic E-state index is 13.0. The molecule has 228 valence electrons. The van der Waals surface area contributed by atoms with Crippen molar-refractivity contribution in [1.29, 1.82) is 0 Å². The van der Waals surface area contributed by atoms with Crippen molar-refractivity contribution >= 4 is 33.8 Å². The van der Waals surface area contributed by atoms with Gasteiger partial charge in [-0.3, -0.25) is 4.79 Å². The number of benzene rings is 2. The molecule has 0 aliphatic heterocycles. The van der Waals surface area contributed by atoms with Crippen molar-refractivity contribution in [3.8, 4) is 17.3 Å². The van der Waals surface area contributed by atoms with Crippen LogP contribution >= 0.6 is 0 Å². The fraction of sp³-hybridized carbons (Fsp3) is 0.400. The van der Waals surface area contributed by atoms with E-state index in [1.165, 1.54) is 0 Å².